The molecule has 4 heteroatoms. The summed E-state index contributed by atoms with van der Waals surface area (Å²) in [5.74, 6) is -0.881. The largest absolute Gasteiger partial charge is 0.478 e. The Balaban J connectivity index is 1.69. The van der Waals surface area contributed by atoms with Gasteiger partial charge in [-0.1, -0.05) is 12.8 Å². The Bertz CT molecular complexity index is 505. The first-order valence-electron chi connectivity index (χ1n) is 7.87. The number of carboxylic acids is 1. The van der Waals surface area contributed by atoms with Crippen molar-refractivity contribution >= 4 is 11.7 Å². The van der Waals surface area contributed by atoms with Gasteiger partial charge in [-0.25, -0.2) is 4.79 Å². The molecule has 0 amide bonds. The number of rotatable bonds is 5. The molecular formula is C17H23NO3. The van der Waals surface area contributed by atoms with Crippen LogP contribution in [0.4, 0.5) is 5.69 Å². The first-order chi connectivity index (χ1) is 10.2. The molecule has 0 saturated heterocycles. The van der Waals surface area contributed by atoms with Crippen LogP contribution in [0.1, 0.15) is 49.4 Å². The zero-order valence-corrected chi connectivity index (χ0v) is 12.5. The van der Waals surface area contributed by atoms with Gasteiger partial charge in [-0.3, -0.25) is 0 Å². The lowest BCUT2D eigenvalue weighted by atomic mass is 9.60. The highest BCUT2D eigenvalue weighted by Crippen LogP contribution is 2.55. The molecule has 1 spiro atoms. The van der Waals surface area contributed by atoms with E-state index >= 15 is 0 Å². The van der Waals surface area contributed by atoms with Crippen LogP contribution >= 0.6 is 0 Å². The fourth-order valence-corrected chi connectivity index (χ4v) is 4.00. The highest BCUT2D eigenvalue weighted by atomic mass is 16.5. The Kier molecular flexibility index (Phi) is 3.89. The quantitative estimate of drug-likeness (QED) is 0.870. The normalized spacial score (nSPS) is 26.5. The summed E-state index contributed by atoms with van der Waals surface area (Å²) in [6.45, 7) is 2.85. The van der Waals surface area contributed by atoms with Crippen LogP contribution in [0.2, 0.25) is 0 Å². The van der Waals surface area contributed by atoms with Crippen LogP contribution < -0.4 is 5.32 Å². The lowest BCUT2D eigenvalue weighted by Crippen LogP contribution is -2.60. The first-order valence-corrected chi connectivity index (χ1v) is 7.87. The number of hydrogen-bond acceptors (Lipinski definition) is 3. The van der Waals surface area contributed by atoms with E-state index in [-0.39, 0.29) is 0 Å². The fraction of sp³-hybridized carbons (Fsp3) is 0.588. The third-order valence-corrected chi connectivity index (χ3v) is 5.16. The number of anilines is 1. The van der Waals surface area contributed by atoms with Crippen molar-refractivity contribution in [2.75, 3.05) is 11.9 Å². The van der Waals surface area contributed by atoms with Gasteiger partial charge < -0.3 is 15.2 Å². The SMILES string of the molecule is CCOC1CC(Nc2ccc(C(=O)O)cc2)C12CCCC2. The third kappa shape index (κ3) is 2.53. The summed E-state index contributed by atoms with van der Waals surface area (Å²) in [6, 6.07) is 7.49. The zero-order valence-electron chi connectivity index (χ0n) is 12.5. The van der Waals surface area contributed by atoms with Gasteiger partial charge >= 0.3 is 5.97 Å². The molecule has 0 heterocycles. The lowest BCUT2D eigenvalue weighted by Gasteiger charge is -2.54. The Hall–Kier alpha value is -1.55. The van der Waals surface area contributed by atoms with E-state index in [0.717, 1.165) is 18.7 Å². The molecule has 2 fully saturated rings. The second-order valence-electron chi connectivity index (χ2n) is 6.20. The van der Waals surface area contributed by atoms with Gasteiger partial charge in [0.1, 0.15) is 0 Å². The van der Waals surface area contributed by atoms with Gasteiger partial charge in [-0.15, -0.1) is 0 Å². The van der Waals surface area contributed by atoms with Crippen LogP contribution in [0.5, 0.6) is 0 Å². The van der Waals surface area contributed by atoms with E-state index in [4.69, 9.17) is 9.84 Å². The molecule has 1 aromatic rings. The third-order valence-electron chi connectivity index (χ3n) is 5.16. The standard InChI is InChI=1S/C17H23NO3/c1-2-21-15-11-14(17(15)9-3-4-10-17)18-13-7-5-12(6-8-13)16(19)20/h5-8,14-15,18H,2-4,9-11H2,1H3,(H,19,20). The van der Waals surface area contributed by atoms with Crippen molar-refractivity contribution in [2.45, 2.75) is 51.2 Å². The maximum atomic E-state index is 10.9. The number of carboxylic acid groups (broad SMARTS) is 1. The molecule has 4 nitrogen and oxygen atoms in total. The highest BCUT2D eigenvalue weighted by Gasteiger charge is 2.56. The molecule has 2 N–H and O–H groups in total. The summed E-state index contributed by atoms with van der Waals surface area (Å²) in [7, 11) is 0. The zero-order chi connectivity index (χ0) is 14.9. The summed E-state index contributed by atoms with van der Waals surface area (Å²) in [4.78, 5) is 10.9. The molecule has 114 valence electrons. The average molecular weight is 289 g/mol. The van der Waals surface area contributed by atoms with E-state index in [9.17, 15) is 4.79 Å². The van der Waals surface area contributed by atoms with E-state index < -0.39 is 5.97 Å². The number of benzene rings is 1. The number of ether oxygens (including phenoxy) is 1. The summed E-state index contributed by atoms with van der Waals surface area (Å²) < 4.78 is 5.92. The molecule has 0 aliphatic heterocycles. The van der Waals surface area contributed by atoms with E-state index in [0.29, 0.717) is 23.1 Å². The van der Waals surface area contributed by atoms with Crippen molar-refractivity contribution in [1.82, 2.24) is 0 Å². The lowest BCUT2D eigenvalue weighted by molar-refractivity contribution is -0.114. The number of carbonyl (C=O) groups is 1. The van der Waals surface area contributed by atoms with Gasteiger partial charge in [0.25, 0.3) is 0 Å². The monoisotopic (exact) mass is 289 g/mol. The van der Waals surface area contributed by atoms with Gasteiger partial charge in [0.15, 0.2) is 0 Å². The van der Waals surface area contributed by atoms with Gasteiger partial charge in [0.05, 0.1) is 11.7 Å². The number of hydrogen-bond donors (Lipinski definition) is 2. The molecule has 1 aromatic carbocycles. The van der Waals surface area contributed by atoms with Crippen LogP contribution in [0.3, 0.4) is 0 Å². The summed E-state index contributed by atoms with van der Waals surface area (Å²) in [5, 5.41) is 12.5. The van der Waals surface area contributed by atoms with Crippen LogP contribution in [0.15, 0.2) is 24.3 Å². The molecule has 2 saturated carbocycles. The smallest absolute Gasteiger partial charge is 0.335 e. The molecule has 2 unspecified atom stereocenters. The van der Waals surface area contributed by atoms with Gasteiger partial charge in [-0.2, -0.15) is 0 Å². The predicted molar refractivity (Wildman–Crippen MR) is 81.7 cm³/mol. The van der Waals surface area contributed by atoms with Crippen LogP contribution in [0, 0.1) is 5.41 Å². The summed E-state index contributed by atoms with van der Waals surface area (Å²) >= 11 is 0. The average Bonchev–Trinajstić information content (AvgIpc) is 2.99. The molecule has 0 radical (unpaired) electrons. The van der Waals surface area contributed by atoms with Gasteiger partial charge in [0.2, 0.25) is 0 Å². The minimum Gasteiger partial charge on any atom is -0.478 e. The number of aromatic carboxylic acids is 1. The van der Waals surface area contributed by atoms with E-state index in [1.165, 1.54) is 25.7 Å². The minimum absolute atomic E-state index is 0.293. The van der Waals surface area contributed by atoms with Crippen LogP contribution in [0.25, 0.3) is 0 Å². The topological polar surface area (TPSA) is 58.6 Å². The predicted octanol–water partition coefficient (Wildman–Crippen LogP) is 3.53. The summed E-state index contributed by atoms with van der Waals surface area (Å²) in [5.41, 5.74) is 1.63. The van der Waals surface area contributed by atoms with E-state index in [2.05, 4.69) is 12.2 Å². The molecular weight excluding hydrogens is 266 g/mol. The first kappa shape index (κ1) is 14.4. The summed E-state index contributed by atoms with van der Waals surface area (Å²) in [6.07, 6.45) is 6.50. The van der Waals surface area contributed by atoms with Crippen molar-refractivity contribution in [1.29, 1.82) is 0 Å². The molecule has 2 aliphatic rings. The van der Waals surface area contributed by atoms with Crippen molar-refractivity contribution in [3.63, 3.8) is 0 Å². The van der Waals surface area contributed by atoms with Crippen molar-refractivity contribution in [3.8, 4) is 0 Å². The Morgan fingerprint density at radius 1 is 1.33 bits per heavy atom. The minimum atomic E-state index is -0.881. The Labute approximate surface area is 125 Å². The second-order valence-corrected chi connectivity index (χ2v) is 6.20. The number of nitrogens with one attached hydrogen (secondary N) is 1. The molecule has 0 bridgehead atoms. The molecule has 0 aromatic heterocycles. The Morgan fingerprint density at radius 2 is 2.00 bits per heavy atom. The molecule has 21 heavy (non-hydrogen) atoms. The van der Waals surface area contributed by atoms with Crippen LogP contribution in [-0.4, -0.2) is 29.8 Å². The van der Waals surface area contributed by atoms with Crippen molar-refractivity contribution < 1.29 is 14.6 Å². The Morgan fingerprint density at radius 3 is 2.57 bits per heavy atom. The molecule has 2 atom stereocenters. The van der Waals surface area contributed by atoms with Crippen LogP contribution in [-0.2, 0) is 4.74 Å². The molecule has 3 rings (SSSR count). The van der Waals surface area contributed by atoms with E-state index in [1.807, 2.05) is 12.1 Å². The maximum absolute atomic E-state index is 10.9. The van der Waals surface area contributed by atoms with Crippen molar-refractivity contribution in [2.24, 2.45) is 5.41 Å². The highest BCUT2D eigenvalue weighted by molar-refractivity contribution is 5.88. The second kappa shape index (κ2) is 5.68. The van der Waals surface area contributed by atoms with E-state index in [1.54, 1.807) is 12.1 Å². The van der Waals surface area contributed by atoms with Gasteiger partial charge in [0, 0.05) is 23.8 Å². The van der Waals surface area contributed by atoms with Crippen molar-refractivity contribution in [3.05, 3.63) is 29.8 Å². The fourth-order valence-electron chi connectivity index (χ4n) is 4.00. The molecule has 2 aliphatic carbocycles. The van der Waals surface area contributed by atoms with Gasteiger partial charge in [-0.05, 0) is 50.5 Å². The maximum Gasteiger partial charge on any atom is 0.335 e.